The predicted molar refractivity (Wildman–Crippen MR) is 120 cm³/mol. The van der Waals surface area contributed by atoms with Gasteiger partial charge in [-0.15, -0.1) is 0 Å². The third-order valence-corrected chi connectivity index (χ3v) is 5.60. The molecule has 1 aliphatic rings. The Morgan fingerprint density at radius 2 is 1.81 bits per heavy atom. The van der Waals surface area contributed by atoms with Gasteiger partial charge in [-0.2, -0.15) is 0 Å². The number of hydrogen-bond donors (Lipinski definition) is 1. The molecule has 0 aliphatic carbocycles. The molecule has 162 valence electrons. The molecule has 31 heavy (non-hydrogen) atoms. The summed E-state index contributed by atoms with van der Waals surface area (Å²) in [5.74, 6) is 1.52. The molecule has 0 unspecified atom stereocenters. The average Bonchev–Trinajstić information content (AvgIpc) is 2.94. The van der Waals surface area contributed by atoms with Gasteiger partial charge in [0.2, 0.25) is 5.91 Å². The fraction of sp³-hybridized carbons (Fsp3) is 0.360. The maximum Gasteiger partial charge on any atom is 0.240 e. The fourth-order valence-electron chi connectivity index (χ4n) is 4.04. The molecule has 1 aliphatic heterocycles. The number of benzene rings is 2. The van der Waals surface area contributed by atoms with E-state index in [0.29, 0.717) is 18.8 Å². The molecule has 0 saturated carbocycles. The molecule has 1 amide bonds. The van der Waals surface area contributed by atoms with E-state index in [0.717, 1.165) is 34.4 Å². The van der Waals surface area contributed by atoms with E-state index >= 15 is 0 Å². The van der Waals surface area contributed by atoms with Gasteiger partial charge >= 0.3 is 0 Å². The SMILES string of the molecule is CC(=O)c1cn(CC(=O)N[C@H](c2ccc3c(c2)OCCCO3)C(C)C)c2ccccc12. The van der Waals surface area contributed by atoms with E-state index in [-0.39, 0.29) is 30.2 Å². The Morgan fingerprint density at radius 3 is 2.55 bits per heavy atom. The van der Waals surface area contributed by atoms with Crippen LogP contribution in [0.4, 0.5) is 0 Å². The van der Waals surface area contributed by atoms with Gasteiger partial charge in [0, 0.05) is 29.1 Å². The standard InChI is InChI=1S/C25H28N2O4/c1-16(2)25(18-9-10-22-23(13-18)31-12-6-11-30-22)26-24(29)15-27-14-20(17(3)28)19-7-4-5-8-21(19)27/h4-5,7-10,13-14,16,25H,6,11-12,15H2,1-3H3,(H,26,29)/t25-/m0/s1. The van der Waals surface area contributed by atoms with Gasteiger partial charge in [0.25, 0.3) is 0 Å². The summed E-state index contributed by atoms with van der Waals surface area (Å²) in [5.41, 5.74) is 2.49. The van der Waals surface area contributed by atoms with E-state index in [4.69, 9.17) is 9.47 Å². The number of ketones is 1. The molecule has 6 nitrogen and oxygen atoms in total. The van der Waals surface area contributed by atoms with Crippen LogP contribution in [0, 0.1) is 5.92 Å². The zero-order chi connectivity index (χ0) is 22.0. The van der Waals surface area contributed by atoms with Crippen molar-refractivity contribution in [2.75, 3.05) is 13.2 Å². The molecule has 1 atom stereocenters. The van der Waals surface area contributed by atoms with Crippen LogP contribution in [0.3, 0.4) is 0 Å². The second kappa shape index (κ2) is 8.84. The van der Waals surface area contributed by atoms with Gasteiger partial charge in [-0.25, -0.2) is 0 Å². The third-order valence-electron chi connectivity index (χ3n) is 5.60. The summed E-state index contributed by atoms with van der Waals surface area (Å²) < 4.78 is 13.4. The zero-order valence-corrected chi connectivity index (χ0v) is 18.2. The minimum absolute atomic E-state index is 0.0115. The number of nitrogens with one attached hydrogen (secondary N) is 1. The van der Waals surface area contributed by atoms with Crippen LogP contribution >= 0.6 is 0 Å². The molecule has 0 radical (unpaired) electrons. The van der Waals surface area contributed by atoms with Gasteiger partial charge in [0.1, 0.15) is 6.54 Å². The molecule has 1 aromatic heterocycles. The van der Waals surface area contributed by atoms with Crippen molar-refractivity contribution in [2.24, 2.45) is 5.92 Å². The maximum atomic E-state index is 13.0. The van der Waals surface area contributed by atoms with Crippen molar-refractivity contribution >= 4 is 22.6 Å². The van der Waals surface area contributed by atoms with Gasteiger partial charge in [-0.1, -0.05) is 38.1 Å². The number of carbonyl (C=O) groups is 2. The molecule has 4 rings (SSSR count). The van der Waals surface area contributed by atoms with Gasteiger partial charge < -0.3 is 19.4 Å². The Hall–Kier alpha value is -3.28. The summed E-state index contributed by atoms with van der Waals surface area (Å²) in [4.78, 5) is 25.0. The number of ether oxygens (including phenoxy) is 2. The predicted octanol–water partition coefficient (Wildman–Crippen LogP) is 4.52. The number of nitrogens with zero attached hydrogens (tertiary/aromatic N) is 1. The van der Waals surface area contributed by atoms with Crippen molar-refractivity contribution in [1.29, 1.82) is 0 Å². The third kappa shape index (κ3) is 4.43. The van der Waals surface area contributed by atoms with Crippen LogP contribution in [0.2, 0.25) is 0 Å². The summed E-state index contributed by atoms with van der Waals surface area (Å²) in [7, 11) is 0. The van der Waals surface area contributed by atoms with Crippen LogP contribution in [-0.4, -0.2) is 29.5 Å². The van der Waals surface area contributed by atoms with Crippen LogP contribution < -0.4 is 14.8 Å². The van der Waals surface area contributed by atoms with E-state index < -0.39 is 0 Å². The summed E-state index contributed by atoms with van der Waals surface area (Å²) in [6.45, 7) is 7.10. The monoisotopic (exact) mass is 420 g/mol. The molecule has 6 heteroatoms. The molecule has 2 aromatic carbocycles. The minimum atomic E-state index is -0.168. The highest BCUT2D eigenvalue weighted by Gasteiger charge is 2.22. The highest BCUT2D eigenvalue weighted by molar-refractivity contribution is 6.07. The van der Waals surface area contributed by atoms with Crippen LogP contribution in [0.1, 0.15) is 49.2 Å². The van der Waals surface area contributed by atoms with Crippen LogP contribution in [0.15, 0.2) is 48.7 Å². The lowest BCUT2D eigenvalue weighted by molar-refractivity contribution is -0.122. The molecule has 1 N–H and O–H groups in total. The first-order chi connectivity index (χ1) is 14.9. The van der Waals surface area contributed by atoms with Crippen molar-refractivity contribution in [3.8, 4) is 11.5 Å². The summed E-state index contributed by atoms with van der Waals surface area (Å²) in [6, 6.07) is 13.3. The van der Waals surface area contributed by atoms with Gasteiger partial charge in [-0.05, 0) is 36.6 Å². The normalized spacial score (nSPS) is 14.3. The van der Waals surface area contributed by atoms with Gasteiger partial charge in [0.15, 0.2) is 17.3 Å². The Balaban J connectivity index is 1.56. The molecule has 0 spiro atoms. The molecule has 2 heterocycles. The van der Waals surface area contributed by atoms with Gasteiger partial charge in [-0.3, -0.25) is 9.59 Å². The van der Waals surface area contributed by atoms with E-state index in [1.165, 1.54) is 0 Å². The van der Waals surface area contributed by atoms with Crippen molar-refractivity contribution in [1.82, 2.24) is 9.88 Å². The van der Waals surface area contributed by atoms with Crippen molar-refractivity contribution < 1.29 is 19.1 Å². The number of aromatic nitrogens is 1. The second-order valence-corrected chi connectivity index (χ2v) is 8.29. The Bertz CT molecular complexity index is 1120. The highest BCUT2D eigenvalue weighted by atomic mass is 16.5. The topological polar surface area (TPSA) is 69.6 Å². The largest absolute Gasteiger partial charge is 0.490 e. The Morgan fingerprint density at radius 1 is 1.06 bits per heavy atom. The summed E-state index contributed by atoms with van der Waals surface area (Å²) >= 11 is 0. The minimum Gasteiger partial charge on any atom is -0.490 e. The molecule has 3 aromatic rings. The number of para-hydroxylation sites is 1. The molecule has 0 bridgehead atoms. The van der Waals surface area contributed by atoms with Crippen LogP contribution in [0.5, 0.6) is 11.5 Å². The van der Waals surface area contributed by atoms with Crippen molar-refractivity contribution in [2.45, 2.75) is 39.8 Å². The van der Waals surface area contributed by atoms with E-state index in [1.54, 1.807) is 13.1 Å². The Kier molecular flexibility index (Phi) is 5.98. The average molecular weight is 421 g/mol. The lowest BCUT2D eigenvalue weighted by Gasteiger charge is -2.24. The lowest BCUT2D eigenvalue weighted by atomic mass is 9.95. The van der Waals surface area contributed by atoms with E-state index in [9.17, 15) is 9.59 Å². The molecular formula is C25H28N2O4. The number of fused-ring (bicyclic) bond motifs is 2. The first-order valence-electron chi connectivity index (χ1n) is 10.7. The lowest BCUT2D eigenvalue weighted by Crippen LogP contribution is -2.34. The molecule has 0 fully saturated rings. The highest BCUT2D eigenvalue weighted by Crippen LogP contribution is 2.34. The maximum absolute atomic E-state index is 13.0. The Labute approximate surface area is 182 Å². The summed E-state index contributed by atoms with van der Waals surface area (Å²) in [5, 5.41) is 4.03. The van der Waals surface area contributed by atoms with Crippen molar-refractivity contribution in [3.05, 3.63) is 59.8 Å². The first-order valence-corrected chi connectivity index (χ1v) is 10.7. The first kappa shape index (κ1) is 21.0. The number of Topliss-reactive ketones (excluding diaryl/α,β-unsaturated/α-hetero) is 1. The quantitative estimate of drug-likeness (QED) is 0.596. The molecular weight excluding hydrogens is 392 g/mol. The number of rotatable bonds is 6. The zero-order valence-electron chi connectivity index (χ0n) is 18.2. The second-order valence-electron chi connectivity index (χ2n) is 8.29. The number of hydrogen-bond acceptors (Lipinski definition) is 4. The van der Waals surface area contributed by atoms with E-state index in [1.807, 2.05) is 47.0 Å². The number of carbonyl (C=O) groups excluding carboxylic acids is 2. The number of amides is 1. The summed E-state index contributed by atoms with van der Waals surface area (Å²) in [6.07, 6.45) is 2.62. The van der Waals surface area contributed by atoms with Crippen LogP contribution in [0.25, 0.3) is 10.9 Å². The smallest absolute Gasteiger partial charge is 0.240 e. The fourth-order valence-corrected chi connectivity index (χ4v) is 4.04. The van der Waals surface area contributed by atoms with E-state index in [2.05, 4.69) is 19.2 Å². The van der Waals surface area contributed by atoms with Crippen LogP contribution in [-0.2, 0) is 11.3 Å². The van der Waals surface area contributed by atoms with Gasteiger partial charge in [0.05, 0.1) is 19.3 Å². The molecule has 0 saturated heterocycles. The van der Waals surface area contributed by atoms with Crippen molar-refractivity contribution in [3.63, 3.8) is 0 Å².